The Labute approximate surface area is 213 Å². The number of nitro groups is 1. The monoisotopic (exact) mass is 589 g/mol. The molecule has 2 aromatic rings. The summed E-state index contributed by atoms with van der Waals surface area (Å²) >= 11 is 2.09. The molecule has 11 nitrogen and oxygen atoms in total. The van der Waals surface area contributed by atoms with Gasteiger partial charge in [0.2, 0.25) is 5.91 Å². The number of nitro benzene ring substituents is 1. The molecule has 0 spiro atoms. The maximum Gasteiger partial charge on any atom is 0.335 e. The number of barbiturate groups is 1. The van der Waals surface area contributed by atoms with Crippen molar-refractivity contribution in [2.45, 2.75) is 6.92 Å². The first kappa shape index (κ1) is 24.3. The molecule has 0 saturated carbocycles. The minimum atomic E-state index is -0.888. The number of nitrogens with one attached hydrogen (secondary N) is 1. The second-order valence-corrected chi connectivity index (χ2v) is 9.17. The molecule has 2 saturated heterocycles. The zero-order valence-electron chi connectivity index (χ0n) is 18.6. The van der Waals surface area contributed by atoms with Gasteiger partial charge in [-0.1, -0.05) is 0 Å². The Balaban J connectivity index is 1.74. The van der Waals surface area contributed by atoms with Crippen LogP contribution >= 0.6 is 22.6 Å². The van der Waals surface area contributed by atoms with Gasteiger partial charge in [-0.25, -0.2) is 9.69 Å². The third-order valence-electron chi connectivity index (χ3n) is 5.77. The summed E-state index contributed by atoms with van der Waals surface area (Å²) in [5.74, 6) is -1.76. The smallest absolute Gasteiger partial charge is 0.335 e. The Kier molecular flexibility index (Phi) is 6.82. The molecule has 180 valence electrons. The van der Waals surface area contributed by atoms with Crippen molar-refractivity contribution in [2.24, 2.45) is 0 Å². The van der Waals surface area contributed by atoms with Crippen molar-refractivity contribution in [3.63, 3.8) is 0 Å². The van der Waals surface area contributed by atoms with E-state index >= 15 is 0 Å². The van der Waals surface area contributed by atoms with Crippen LogP contribution in [-0.4, -0.2) is 59.8 Å². The molecule has 2 aliphatic heterocycles. The second-order valence-electron chi connectivity index (χ2n) is 7.93. The number of carbonyl (C=O) groups excluding carboxylic acids is 4. The predicted molar refractivity (Wildman–Crippen MR) is 136 cm³/mol. The zero-order chi connectivity index (χ0) is 25.3. The Bertz CT molecular complexity index is 1270. The number of non-ortho nitro benzene ring substituents is 1. The number of benzene rings is 2. The second kappa shape index (κ2) is 9.82. The summed E-state index contributed by atoms with van der Waals surface area (Å²) in [7, 11) is 0. The lowest BCUT2D eigenvalue weighted by Crippen LogP contribution is -2.54. The van der Waals surface area contributed by atoms with Crippen LogP contribution < -0.4 is 15.1 Å². The van der Waals surface area contributed by atoms with Gasteiger partial charge in [0.05, 0.1) is 10.6 Å². The first-order chi connectivity index (χ1) is 16.7. The topological polar surface area (TPSA) is 133 Å². The van der Waals surface area contributed by atoms with Crippen LogP contribution in [-0.2, 0) is 14.4 Å². The van der Waals surface area contributed by atoms with Crippen molar-refractivity contribution in [2.75, 3.05) is 36.0 Å². The lowest BCUT2D eigenvalue weighted by Gasteiger charge is -2.36. The largest absolute Gasteiger partial charge is 0.367 e. The third kappa shape index (κ3) is 5.01. The molecule has 0 aliphatic carbocycles. The fraction of sp³-hybridized carbons (Fsp3) is 0.217. The van der Waals surface area contributed by atoms with Gasteiger partial charge in [0, 0.05) is 60.1 Å². The number of carbonyl (C=O) groups is 4. The van der Waals surface area contributed by atoms with Crippen molar-refractivity contribution in [1.82, 2.24) is 10.2 Å². The Morgan fingerprint density at radius 3 is 2.31 bits per heavy atom. The highest BCUT2D eigenvalue weighted by molar-refractivity contribution is 14.1. The summed E-state index contributed by atoms with van der Waals surface area (Å²) in [6.45, 7) is 3.38. The molecule has 35 heavy (non-hydrogen) atoms. The molecule has 0 unspecified atom stereocenters. The fourth-order valence-electron chi connectivity index (χ4n) is 3.96. The molecule has 12 heteroatoms. The highest BCUT2D eigenvalue weighted by atomic mass is 127. The van der Waals surface area contributed by atoms with E-state index in [1.165, 1.54) is 25.1 Å². The van der Waals surface area contributed by atoms with Gasteiger partial charge in [-0.05, 0) is 59.0 Å². The van der Waals surface area contributed by atoms with E-state index in [1.807, 2.05) is 4.90 Å². The SMILES string of the molecule is CC(=O)N1CCN(c2ccc([N+](=O)[O-])cc2/C=C2/C(=O)NC(=O)N(c3ccc(I)cc3)C2=O)CC1. The molecule has 2 fully saturated rings. The normalized spacial score (nSPS) is 17.6. The van der Waals surface area contributed by atoms with Crippen LogP contribution in [0.5, 0.6) is 0 Å². The van der Waals surface area contributed by atoms with Crippen LogP contribution in [0.15, 0.2) is 48.0 Å². The van der Waals surface area contributed by atoms with Crippen molar-refractivity contribution >= 4 is 69.5 Å². The van der Waals surface area contributed by atoms with Crippen molar-refractivity contribution in [3.8, 4) is 0 Å². The molecule has 0 aromatic heterocycles. The van der Waals surface area contributed by atoms with Crippen molar-refractivity contribution < 1.29 is 24.1 Å². The van der Waals surface area contributed by atoms with Crippen LogP contribution in [0.3, 0.4) is 0 Å². The number of hydrogen-bond acceptors (Lipinski definition) is 7. The van der Waals surface area contributed by atoms with Crippen LogP contribution in [0.1, 0.15) is 12.5 Å². The summed E-state index contributed by atoms with van der Waals surface area (Å²) < 4.78 is 0.897. The van der Waals surface area contributed by atoms with Gasteiger partial charge in [0.1, 0.15) is 5.57 Å². The lowest BCUT2D eigenvalue weighted by atomic mass is 10.0. The number of nitrogens with zero attached hydrogens (tertiary/aromatic N) is 4. The van der Waals surface area contributed by atoms with Crippen molar-refractivity contribution in [3.05, 3.63) is 67.3 Å². The highest BCUT2D eigenvalue weighted by Gasteiger charge is 2.37. The number of halogens is 1. The van der Waals surface area contributed by atoms with E-state index in [4.69, 9.17) is 0 Å². The molecular weight excluding hydrogens is 569 g/mol. The molecule has 4 rings (SSSR count). The van der Waals surface area contributed by atoms with Gasteiger partial charge in [-0.3, -0.25) is 29.8 Å². The Hall–Kier alpha value is -3.81. The van der Waals surface area contributed by atoms with Gasteiger partial charge in [-0.2, -0.15) is 0 Å². The summed E-state index contributed by atoms with van der Waals surface area (Å²) in [5.41, 5.74) is 0.603. The van der Waals surface area contributed by atoms with E-state index in [9.17, 15) is 29.3 Å². The van der Waals surface area contributed by atoms with Gasteiger partial charge in [-0.15, -0.1) is 0 Å². The first-order valence-corrected chi connectivity index (χ1v) is 11.7. The molecular formula is C23H20IN5O6. The average molecular weight is 589 g/mol. The number of amides is 5. The van der Waals surface area contributed by atoms with Gasteiger partial charge < -0.3 is 9.80 Å². The Morgan fingerprint density at radius 2 is 1.71 bits per heavy atom. The third-order valence-corrected chi connectivity index (χ3v) is 6.49. The predicted octanol–water partition coefficient (Wildman–Crippen LogP) is 2.53. The van der Waals surface area contributed by atoms with Crippen LogP contribution in [0, 0.1) is 13.7 Å². The quantitative estimate of drug-likeness (QED) is 0.191. The van der Waals surface area contributed by atoms with E-state index in [0.29, 0.717) is 31.9 Å². The standard InChI is InChI=1S/C23H20IN5O6/c1-14(30)26-8-10-27(11-9-26)20-7-6-18(29(34)35)12-15(20)13-19-21(31)25-23(33)28(22(19)32)17-4-2-16(24)3-5-17/h2-7,12-13H,8-11H2,1H3,(H,25,31,33)/b19-13-. The van der Waals surface area contributed by atoms with E-state index in [1.54, 1.807) is 35.2 Å². The number of rotatable bonds is 4. The van der Waals surface area contributed by atoms with E-state index in [-0.39, 0.29) is 28.4 Å². The molecule has 0 radical (unpaired) electrons. The number of urea groups is 1. The molecule has 0 atom stereocenters. The van der Waals surface area contributed by atoms with Gasteiger partial charge in [0.25, 0.3) is 17.5 Å². The molecule has 2 heterocycles. The number of hydrogen-bond donors (Lipinski definition) is 1. The number of piperazine rings is 1. The fourth-order valence-corrected chi connectivity index (χ4v) is 4.32. The maximum atomic E-state index is 13.2. The van der Waals surface area contributed by atoms with Crippen molar-refractivity contribution in [1.29, 1.82) is 0 Å². The summed E-state index contributed by atoms with van der Waals surface area (Å²) in [4.78, 5) is 65.3. The molecule has 1 N–H and O–H groups in total. The number of imide groups is 2. The van der Waals surface area contributed by atoms with Crippen LogP contribution in [0.25, 0.3) is 6.08 Å². The average Bonchev–Trinajstić information content (AvgIpc) is 2.82. The zero-order valence-corrected chi connectivity index (χ0v) is 20.7. The first-order valence-electron chi connectivity index (χ1n) is 10.6. The van der Waals surface area contributed by atoms with E-state index < -0.39 is 22.8 Å². The number of anilines is 2. The van der Waals surface area contributed by atoms with E-state index in [2.05, 4.69) is 27.9 Å². The molecule has 5 amide bonds. The van der Waals surface area contributed by atoms with Crippen LogP contribution in [0.4, 0.5) is 21.9 Å². The lowest BCUT2D eigenvalue weighted by molar-refractivity contribution is -0.384. The Morgan fingerprint density at radius 1 is 1.06 bits per heavy atom. The summed E-state index contributed by atoms with van der Waals surface area (Å²) in [6.07, 6.45) is 1.27. The van der Waals surface area contributed by atoms with Crippen LogP contribution in [0.2, 0.25) is 0 Å². The molecule has 2 aromatic carbocycles. The maximum absolute atomic E-state index is 13.2. The van der Waals surface area contributed by atoms with E-state index in [0.717, 1.165) is 8.47 Å². The minimum absolute atomic E-state index is 0.0412. The molecule has 0 bridgehead atoms. The van der Waals surface area contributed by atoms with Gasteiger partial charge >= 0.3 is 6.03 Å². The molecule has 2 aliphatic rings. The van der Waals surface area contributed by atoms with Gasteiger partial charge in [0.15, 0.2) is 0 Å². The summed E-state index contributed by atoms with van der Waals surface area (Å²) in [6, 6.07) is 9.91. The highest BCUT2D eigenvalue weighted by Crippen LogP contribution is 2.30. The minimum Gasteiger partial charge on any atom is -0.367 e. The summed E-state index contributed by atoms with van der Waals surface area (Å²) in [5, 5.41) is 13.6.